The van der Waals surface area contributed by atoms with Crippen molar-refractivity contribution in [3.05, 3.63) is 253 Å². The van der Waals surface area contributed by atoms with Crippen molar-refractivity contribution in [2.24, 2.45) is 0 Å². The normalized spacial score (nSPS) is 14.5. The molecule has 1 unspecified atom stereocenters. The summed E-state index contributed by atoms with van der Waals surface area (Å²) >= 11 is 0. The van der Waals surface area contributed by atoms with Gasteiger partial charge in [0.2, 0.25) is 0 Å². The van der Waals surface area contributed by atoms with E-state index in [2.05, 4.69) is 234 Å². The smallest absolute Gasteiger partial charge is 0.159 e. The minimum Gasteiger partial charge on any atom is -0.454 e. The van der Waals surface area contributed by atoms with E-state index in [-0.39, 0.29) is 0 Å². The van der Waals surface area contributed by atoms with E-state index in [9.17, 15) is 0 Å². The van der Waals surface area contributed by atoms with Gasteiger partial charge < -0.3 is 14.2 Å². The van der Waals surface area contributed by atoms with Crippen LogP contribution in [0.4, 0.5) is 34.1 Å². The largest absolute Gasteiger partial charge is 0.454 e. The first-order valence-corrected chi connectivity index (χ1v) is 21.4. The molecule has 11 aromatic rings. The molecule has 0 saturated heterocycles. The van der Waals surface area contributed by atoms with Crippen LogP contribution in [0.25, 0.3) is 55.0 Å². The number of hydrogen-bond donors (Lipinski definition) is 0. The molecule has 290 valence electrons. The second kappa shape index (κ2) is 13.4. The number of nitrogens with zero attached hydrogens (tertiary/aromatic N) is 2. The number of anilines is 6. The lowest BCUT2D eigenvalue weighted by Gasteiger charge is -2.36. The molecule has 1 heterocycles. The van der Waals surface area contributed by atoms with Crippen molar-refractivity contribution in [3.8, 4) is 22.3 Å². The van der Waals surface area contributed by atoms with E-state index in [1.165, 1.54) is 55.3 Å². The van der Waals surface area contributed by atoms with Gasteiger partial charge in [-0.3, -0.25) is 0 Å². The molecule has 2 aliphatic rings. The highest BCUT2D eigenvalue weighted by Crippen LogP contribution is 2.67. The average molecular weight is 791 g/mol. The van der Waals surface area contributed by atoms with Crippen LogP contribution in [0, 0.1) is 0 Å². The van der Waals surface area contributed by atoms with E-state index in [0.29, 0.717) is 0 Å². The molecule has 2 aliphatic carbocycles. The molecule has 3 nitrogen and oxygen atoms in total. The van der Waals surface area contributed by atoms with Crippen LogP contribution >= 0.6 is 0 Å². The van der Waals surface area contributed by atoms with Crippen LogP contribution in [0.15, 0.2) is 235 Å². The first-order chi connectivity index (χ1) is 30.8. The summed E-state index contributed by atoms with van der Waals surface area (Å²) in [5, 5.41) is 4.67. The lowest BCUT2D eigenvalue weighted by atomic mass is 9.69. The van der Waals surface area contributed by atoms with Crippen LogP contribution < -0.4 is 9.80 Å². The van der Waals surface area contributed by atoms with Crippen molar-refractivity contribution in [2.45, 2.75) is 5.41 Å². The van der Waals surface area contributed by atoms with Gasteiger partial charge in [0.15, 0.2) is 5.58 Å². The molecule has 0 amide bonds. The lowest BCUT2D eigenvalue weighted by molar-refractivity contribution is 0.669. The van der Waals surface area contributed by atoms with E-state index in [1.54, 1.807) is 0 Å². The van der Waals surface area contributed by atoms with Crippen LogP contribution in [0.3, 0.4) is 0 Å². The zero-order chi connectivity index (χ0) is 40.8. The maximum Gasteiger partial charge on any atom is 0.159 e. The SMILES string of the molecule is c1ccc(N(c2ccccc2)c2cc3ccccc3c3c2C2(c4ccccc4-c4ccc(N(c5ccccc5)c5cccc6c5oc5ccccc56)cc42)c2ccccc2-3)cc1. The molecular weight excluding hydrogens is 753 g/mol. The summed E-state index contributed by atoms with van der Waals surface area (Å²) in [7, 11) is 0. The lowest BCUT2D eigenvalue weighted by Crippen LogP contribution is -2.28. The quantitative estimate of drug-likeness (QED) is 0.167. The fourth-order valence-electron chi connectivity index (χ4n) is 10.8. The minimum absolute atomic E-state index is 0.664. The predicted molar refractivity (Wildman–Crippen MR) is 257 cm³/mol. The number of para-hydroxylation sites is 5. The van der Waals surface area contributed by atoms with Crippen LogP contribution in [-0.4, -0.2) is 0 Å². The Labute approximate surface area is 360 Å². The third kappa shape index (κ3) is 4.82. The number of hydrogen-bond acceptors (Lipinski definition) is 3. The summed E-state index contributed by atoms with van der Waals surface area (Å²) in [4.78, 5) is 4.85. The topological polar surface area (TPSA) is 19.6 Å². The van der Waals surface area contributed by atoms with Gasteiger partial charge in [0.05, 0.1) is 16.8 Å². The van der Waals surface area contributed by atoms with Gasteiger partial charge in [0.1, 0.15) is 5.58 Å². The summed E-state index contributed by atoms with van der Waals surface area (Å²) in [5.41, 5.74) is 17.8. The standard InChI is InChI=1S/C59H38N2O/c1-4-20-40(21-5-1)60(41-22-6-2-7-23-41)54-37-39-19-10-11-26-44(39)56-49-29-13-16-32-51(49)59(57(54)56)50-31-15-12-27-45(50)46-36-35-43(38-52(46)59)61(42-24-8-3-9-25-42)53-33-18-30-48-47-28-14-17-34-55(47)62-58(48)53/h1-38H. The fourth-order valence-corrected chi connectivity index (χ4v) is 10.8. The van der Waals surface area contributed by atoms with Gasteiger partial charge in [0.25, 0.3) is 0 Å². The van der Waals surface area contributed by atoms with Gasteiger partial charge in [-0.1, -0.05) is 164 Å². The molecule has 62 heavy (non-hydrogen) atoms. The molecule has 1 aromatic heterocycles. The Bertz CT molecular complexity index is 3500. The van der Waals surface area contributed by atoms with Crippen molar-refractivity contribution >= 4 is 66.8 Å². The van der Waals surface area contributed by atoms with Crippen LogP contribution in [0.2, 0.25) is 0 Å². The van der Waals surface area contributed by atoms with Gasteiger partial charge in [0, 0.05) is 39.1 Å². The van der Waals surface area contributed by atoms with E-state index in [1.807, 2.05) is 6.07 Å². The summed E-state index contributed by atoms with van der Waals surface area (Å²) < 4.78 is 6.76. The highest BCUT2D eigenvalue weighted by atomic mass is 16.3. The van der Waals surface area contributed by atoms with Crippen LogP contribution in [0.5, 0.6) is 0 Å². The van der Waals surface area contributed by atoms with Gasteiger partial charge in [-0.2, -0.15) is 0 Å². The summed E-state index contributed by atoms with van der Waals surface area (Å²) in [5.74, 6) is 0. The molecule has 0 saturated carbocycles. The zero-order valence-electron chi connectivity index (χ0n) is 33.7. The third-order valence-electron chi connectivity index (χ3n) is 13.2. The summed E-state index contributed by atoms with van der Waals surface area (Å²) in [6.45, 7) is 0. The second-order valence-electron chi connectivity index (χ2n) is 16.4. The molecule has 3 heteroatoms. The molecule has 0 N–H and O–H groups in total. The zero-order valence-corrected chi connectivity index (χ0v) is 33.7. The van der Waals surface area contributed by atoms with Gasteiger partial charge >= 0.3 is 0 Å². The number of benzene rings is 10. The maximum atomic E-state index is 6.76. The first-order valence-electron chi connectivity index (χ1n) is 21.4. The maximum absolute atomic E-state index is 6.76. The number of rotatable bonds is 6. The Morgan fingerprint density at radius 1 is 0.339 bits per heavy atom. The molecule has 13 rings (SSSR count). The van der Waals surface area contributed by atoms with Crippen molar-refractivity contribution in [2.75, 3.05) is 9.80 Å². The first kappa shape index (κ1) is 34.7. The Kier molecular flexibility index (Phi) is 7.52. The third-order valence-corrected chi connectivity index (χ3v) is 13.2. The minimum atomic E-state index is -0.664. The molecule has 0 radical (unpaired) electrons. The summed E-state index contributed by atoms with van der Waals surface area (Å²) in [6.07, 6.45) is 0. The molecular formula is C59H38N2O. The Balaban J connectivity index is 1.16. The molecule has 10 aromatic carbocycles. The Morgan fingerprint density at radius 3 is 1.58 bits per heavy atom. The molecule has 0 fully saturated rings. The van der Waals surface area contributed by atoms with E-state index < -0.39 is 5.41 Å². The van der Waals surface area contributed by atoms with Gasteiger partial charge in [-0.05, 0) is 116 Å². The monoisotopic (exact) mass is 790 g/mol. The van der Waals surface area contributed by atoms with Gasteiger partial charge in [-0.25, -0.2) is 0 Å². The Hall–Kier alpha value is -8.14. The van der Waals surface area contributed by atoms with Crippen molar-refractivity contribution in [1.29, 1.82) is 0 Å². The van der Waals surface area contributed by atoms with Crippen molar-refractivity contribution < 1.29 is 4.42 Å². The number of furan rings is 1. The van der Waals surface area contributed by atoms with E-state index >= 15 is 0 Å². The molecule has 1 atom stereocenters. The van der Waals surface area contributed by atoms with Crippen LogP contribution in [-0.2, 0) is 5.41 Å². The average Bonchev–Trinajstić information content (AvgIpc) is 3.98. The number of fused-ring (bicyclic) bond motifs is 15. The Morgan fingerprint density at radius 2 is 0.871 bits per heavy atom. The van der Waals surface area contributed by atoms with Gasteiger partial charge in [-0.15, -0.1) is 0 Å². The fraction of sp³-hybridized carbons (Fsp3) is 0.0169. The van der Waals surface area contributed by atoms with E-state index in [4.69, 9.17) is 4.42 Å². The van der Waals surface area contributed by atoms with Crippen LogP contribution in [0.1, 0.15) is 22.3 Å². The van der Waals surface area contributed by atoms with Crippen molar-refractivity contribution in [1.82, 2.24) is 0 Å². The second-order valence-corrected chi connectivity index (χ2v) is 16.4. The highest BCUT2D eigenvalue weighted by molar-refractivity contribution is 6.12. The van der Waals surface area contributed by atoms with Crippen molar-refractivity contribution in [3.63, 3.8) is 0 Å². The summed E-state index contributed by atoms with van der Waals surface area (Å²) in [6, 6.07) is 84.0. The molecule has 1 spiro atoms. The molecule has 0 bridgehead atoms. The van der Waals surface area contributed by atoms with E-state index in [0.717, 1.165) is 56.1 Å². The molecule has 0 aliphatic heterocycles. The highest BCUT2D eigenvalue weighted by Gasteiger charge is 2.54. The predicted octanol–water partition coefficient (Wildman–Crippen LogP) is 16.0.